The SMILES string of the molecule is Cn1nc(C(C)(F)F)c2ccc(Br)cc21. The number of fused-ring (bicyclic) bond motifs is 1. The molecule has 0 saturated carbocycles. The van der Waals surface area contributed by atoms with Gasteiger partial charge in [-0.05, 0) is 18.2 Å². The first-order chi connectivity index (χ1) is 6.89. The average molecular weight is 275 g/mol. The minimum absolute atomic E-state index is 0.174. The summed E-state index contributed by atoms with van der Waals surface area (Å²) >= 11 is 3.30. The first-order valence-electron chi connectivity index (χ1n) is 4.40. The van der Waals surface area contributed by atoms with Crippen molar-refractivity contribution in [3.63, 3.8) is 0 Å². The molecule has 1 aromatic carbocycles. The van der Waals surface area contributed by atoms with Gasteiger partial charge in [0, 0.05) is 23.8 Å². The normalized spacial score (nSPS) is 12.3. The van der Waals surface area contributed by atoms with E-state index < -0.39 is 5.92 Å². The molecule has 80 valence electrons. The summed E-state index contributed by atoms with van der Waals surface area (Å²) in [7, 11) is 1.66. The lowest BCUT2D eigenvalue weighted by Crippen LogP contribution is -2.08. The standard InChI is InChI=1S/C10H9BrF2N2/c1-10(12,13)9-7-4-3-6(11)5-8(7)15(2)14-9/h3-5H,1-2H3. The van der Waals surface area contributed by atoms with Crippen LogP contribution < -0.4 is 0 Å². The van der Waals surface area contributed by atoms with Crippen molar-refractivity contribution in [2.24, 2.45) is 7.05 Å². The first kappa shape index (κ1) is 10.5. The second kappa shape index (κ2) is 3.27. The fourth-order valence-corrected chi connectivity index (χ4v) is 1.90. The molecule has 0 aliphatic carbocycles. The van der Waals surface area contributed by atoms with Crippen LogP contribution in [0.4, 0.5) is 8.78 Å². The Hall–Kier alpha value is -0.970. The van der Waals surface area contributed by atoms with Crippen LogP contribution in [0.5, 0.6) is 0 Å². The summed E-state index contributed by atoms with van der Waals surface area (Å²) in [4.78, 5) is 0. The predicted octanol–water partition coefficient (Wildman–Crippen LogP) is 3.45. The van der Waals surface area contributed by atoms with Gasteiger partial charge in [-0.25, -0.2) is 0 Å². The number of benzene rings is 1. The molecule has 0 aliphatic heterocycles. The number of alkyl halides is 2. The molecule has 0 aliphatic rings. The van der Waals surface area contributed by atoms with Crippen molar-refractivity contribution in [2.45, 2.75) is 12.8 Å². The summed E-state index contributed by atoms with van der Waals surface area (Å²) in [5.74, 6) is -2.91. The van der Waals surface area contributed by atoms with Crippen LogP contribution in [0.1, 0.15) is 12.6 Å². The van der Waals surface area contributed by atoms with Crippen LogP contribution in [0, 0.1) is 0 Å². The van der Waals surface area contributed by atoms with Crippen molar-refractivity contribution in [3.8, 4) is 0 Å². The molecule has 0 fully saturated rings. The molecule has 0 unspecified atom stereocenters. The van der Waals surface area contributed by atoms with Gasteiger partial charge in [0.1, 0.15) is 5.69 Å². The zero-order chi connectivity index (χ0) is 11.2. The monoisotopic (exact) mass is 274 g/mol. The molecule has 0 atom stereocenters. The fraction of sp³-hybridized carbons (Fsp3) is 0.300. The van der Waals surface area contributed by atoms with E-state index in [2.05, 4.69) is 21.0 Å². The molecule has 15 heavy (non-hydrogen) atoms. The van der Waals surface area contributed by atoms with E-state index in [4.69, 9.17) is 0 Å². The van der Waals surface area contributed by atoms with Crippen LogP contribution in [0.15, 0.2) is 22.7 Å². The van der Waals surface area contributed by atoms with Gasteiger partial charge >= 0.3 is 0 Å². The number of hydrogen-bond acceptors (Lipinski definition) is 1. The zero-order valence-electron chi connectivity index (χ0n) is 8.26. The number of nitrogens with zero attached hydrogens (tertiary/aromatic N) is 2. The smallest absolute Gasteiger partial charge is 0.267 e. The third-order valence-corrected chi connectivity index (χ3v) is 2.72. The molecule has 0 spiro atoms. The number of halogens is 3. The molecule has 5 heteroatoms. The highest BCUT2D eigenvalue weighted by atomic mass is 79.9. The second-order valence-corrected chi connectivity index (χ2v) is 4.44. The minimum atomic E-state index is -2.91. The topological polar surface area (TPSA) is 17.8 Å². The molecule has 1 aromatic heterocycles. The molecule has 2 nitrogen and oxygen atoms in total. The fourth-order valence-electron chi connectivity index (χ4n) is 1.55. The minimum Gasteiger partial charge on any atom is -0.267 e. The average Bonchev–Trinajstić information content (AvgIpc) is 2.43. The molecule has 2 aromatic rings. The van der Waals surface area contributed by atoms with Gasteiger partial charge < -0.3 is 0 Å². The molecule has 1 heterocycles. The molecular formula is C10H9BrF2N2. The summed E-state index contributed by atoms with van der Waals surface area (Å²) in [6.45, 7) is 0.858. The highest BCUT2D eigenvalue weighted by Crippen LogP contribution is 2.32. The number of aromatic nitrogens is 2. The lowest BCUT2D eigenvalue weighted by molar-refractivity contribution is 0.0137. The molecule has 0 N–H and O–H groups in total. The van der Waals surface area contributed by atoms with Crippen LogP contribution in [0.2, 0.25) is 0 Å². The van der Waals surface area contributed by atoms with E-state index in [-0.39, 0.29) is 5.69 Å². The highest BCUT2D eigenvalue weighted by molar-refractivity contribution is 9.10. The Labute approximate surface area is 94.0 Å². The van der Waals surface area contributed by atoms with E-state index in [1.807, 2.05) is 0 Å². The largest absolute Gasteiger partial charge is 0.289 e. The van der Waals surface area contributed by atoms with E-state index in [0.29, 0.717) is 10.9 Å². The van der Waals surface area contributed by atoms with Gasteiger partial charge in [0.05, 0.1) is 5.52 Å². The van der Waals surface area contributed by atoms with E-state index in [1.165, 1.54) is 4.68 Å². The van der Waals surface area contributed by atoms with Gasteiger partial charge in [0.15, 0.2) is 0 Å². The van der Waals surface area contributed by atoms with Crippen LogP contribution in [0.3, 0.4) is 0 Å². The highest BCUT2D eigenvalue weighted by Gasteiger charge is 2.30. The van der Waals surface area contributed by atoms with Crippen LogP contribution in [-0.2, 0) is 13.0 Å². The third-order valence-electron chi connectivity index (χ3n) is 2.23. The Balaban J connectivity index is 2.79. The lowest BCUT2D eigenvalue weighted by Gasteiger charge is -2.06. The number of hydrogen-bond donors (Lipinski definition) is 0. The van der Waals surface area contributed by atoms with Gasteiger partial charge in [-0.1, -0.05) is 15.9 Å². The Morgan fingerprint density at radius 1 is 1.40 bits per heavy atom. The molecule has 0 amide bonds. The maximum atomic E-state index is 13.2. The maximum Gasteiger partial charge on any atom is 0.289 e. The molecule has 0 saturated heterocycles. The number of rotatable bonds is 1. The molecule has 0 bridgehead atoms. The van der Waals surface area contributed by atoms with Gasteiger partial charge in [-0.3, -0.25) is 4.68 Å². The predicted molar refractivity (Wildman–Crippen MR) is 58.0 cm³/mol. The maximum absolute atomic E-state index is 13.2. The van der Waals surface area contributed by atoms with Gasteiger partial charge in [0.25, 0.3) is 5.92 Å². The molecule has 2 rings (SSSR count). The Bertz CT molecular complexity index is 514. The molecular weight excluding hydrogens is 266 g/mol. The lowest BCUT2D eigenvalue weighted by atomic mass is 10.1. The Morgan fingerprint density at radius 3 is 2.67 bits per heavy atom. The summed E-state index contributed by atoms with van der Waals surface area (Å²) in [6.07, 6.45) is 0. The van der Waals surface area contributed by atoms with Gasteiger partial charge in [-0.2, -0.15) is 13.9 Å². The van der Waals surface area contributed by atoms with Gasteiger partial charge in [0.2, 0.25) is 0 Å². The number of aryl methyl sites for hydroxylation is 1. The van der Waals surface area contributed by atoms with E-state index in [1.54, 1.807) is 25.2 Å². The summed E-state index contributed by atoms with van der Waals surface area (Å²) in [5.41, 5.74) is 0.522. The first-order valence-corrected chi connectivity index (χ1v) is 5.19. The summed E-state index contributed by atoms with van der Waals surface area (Å²) in [6, 6.07) is 5.16. The summed E-state index contributed by atoms with van der Waals surface area (Å²) in [5, 5.41) is 4.34. The van der Waals surface area contributed by atoms with E-state index in [0.717, 1.165) is 11.4 Å². The Morgan fingerprint density at radius 2 is 2.07 bits per heavy atom. The van der Waals surface area contributed by atoms with Crippen molar-refractivity contribution < 1.29 is 8.78 Å². The van der Waals surface area contributed by atoms with Crippen LogP contribution in [0.25, 0.3) is 10.9 Å². The van der Waals surface area contributed by atoms with Crippen LogP contribution in [-0.4, -0.2) is 9.78 Å². The summed E-state index contributed by atoms with van der Waals surface area (Å²) < 4.78 is 28.7. The van der Waals surface area contributed by atoms with Crippen molar-refractivity contribution in [1.29, 1.82) is 0 Å². The van der Waals surface area contributed by atoms with Crippen molar-refractivity contribution >= 4 is 26.8 Å². The third kappa shape index (κ3) is 1.76. The van der Waals surface area contributed by atoms with Crippen molar-refractivity contribution in [1.82, 2.24) is 9.78 Å². The zero-order valence-corrected chi connectivity index (χ0v) is 9.85. The van der Waals surface area contributed by atoms with Gasteiger partial charge in [-0.15, -0.1) is 0 Å². The van der Waals surface area contributed by atoms with Crippen LogP contribution >= 0.6 is 15.9 Å². The van der Waals surface area contributed by atoms with E-state index in [9.17, 15) is 8.78 Å². The van der Waals surface area contributed by atoms with Crippen molar-refractivity contribution in [2.75, 3.05) is 0 Å². The van der Waals surface area contributed by atoms with Crippen molar-refractivity contribution in [3.05, 3.63) is 28.4 Å². The van der Waals surface area contributed by atoms with E-state index >= 15 is 0 Å². The second-order valence-electron chi connectivity index (χ2n) is 3.52. The molecule has 0 radical (unpaired) electrons. The Kier molecular flexibility index (Phi) is 2.30. The quantitative estimate of drug-likeness (QED) is 0.779.